The minimum Gasteiger partial charge on any atom is -0.364 e. The van der Waals surface area contributed by atoms with E-state index in [4.69, 9.17) is 5.73 Å². The smallest absolute Gasteiger partial charge is 0.343 e. The summed E-state index contributed by atoms with van der Waals surface area (Å²) in [5.41, 5.74) is 5.40. The Kier molecular flexibility index (Phi) is 3.97. The Hall–Kier alpha value is -2.16. The Balaban J connectivity index is 1.69. The fourth-order valence-electron chi connectivity index (χ4n) is 2.80. The molecule has 1 saturated heterocycles. The van der Waals surface area contributed by atoms with E-state index in [9.17, 15) is 9.59 Å². The van der Waals surface area contributed by atoms with Crippen LogP contribution in [0.3, 0.4) is 0 Å². The molecule has 118 valence electrons. The summed E-state index contributed by atoms with van der Waals surface area (Å²) in [5.74, 6) is 0.607. The van der Waals surface area contributed by atoms with Gasteiger partial charge in [0, 0.05) is 30.9 Å². The number of H-pyrrole nitrogens is 1. The lowest BCUT2D eigenvalue weighted by molar-refractivity contribution is 0.0996. The molecule has 0 atom stereocenters. The van der Waals surface area contributed by atoms with Crippen LogP contribution in [0.2, 0.25) is 0 Å². The molecule has 0 aromatic carbocycles. The number of nitrogens with two attached hydrogens (primary N) is 1. The number of carbonyl (C=O) groups is 1. The molecule has 22 heavy (non-hydrogen) atoms. The van der Waals surface area contributed by atoms with Crippen molar-refractivity contribution < 1.29 is 4.79 Å². The van der Waals surface area contributed by atoms with Gasteiger partial charge in [0.25, 0.3) is 5.91 Å². The van der Waals surface area contributed by atoms with Crippen molar-refractivity contribution >= 4 is 22.4 Å². The Labute approximate surface area is 131 Å². The molecule has 3 rings (SSSR count). The van der Waals surface area contributed by atoms with E-state index in [1.165, 1.54) is 11.3 Å². The van der Waals surface area contributed by atoms with Crippen molar-refractivity contribution in [3.8, 4) is 0 Å². The van der Waals surface area contributed by atoms with Gasteiger partial charge in [0.15, 0.2) is 5.13 Å². The first kappa shape index (κ1) is 14.8. The summed E-state index contributed by atoms with van der Waals surface area (Å²) >= 11 is 1.43. The average Bonchev–Trinajstić information content (AvgIpc) is 3.14. The number of thiazole rings is 1. The first-order valence-corrected chi connectivity index (χ1v) is 8.13. The highest BCUT2D eigenvalue weighted by Gasteiger charge is 2.26. The molecule has 0 unspecified atom stereocenters. The lowest BCUT2D eigenvalue weighted by Crippen LogP contribution is -2.34. The highest BCUT2D eigenvalue weighted by molar-refractivity contribution is 7.13. The van der Waals surface area contributed by atoms with E-state index in [1.54, 1.807) is 9.95 Å². The zero-order chi connectivity index (χ0) is 15.7. The van der Waals surface area contributed by atoms with Gasteiger partial charge in [-0.1, -0.05) is 0 Å². The molecule has 2 aromatic rings. The molecule has 1 aliphatic heterocycles. The summed E-state index contributed by atoms with van der Waals surface area (Å²) in [5, 5.41) is 9.20. The number of rotatable bonds is 4. The summed E-state index contributed by atoms with van der Waals surface area (Å²) in [6, 6.07) is 0. The van der Waals surface area contributed by atoms with E-state index in [0.717, 1.165) is 36.9 Å². The van der Waals surface area contributed by atoms with Gasteiger partial charge in [-0.25, -0.2) is 14.9 Å². The zero-order valence-corrected chi connectivity index (χ0v) is 13.1. The molecule has 0 radical (unpaired) electrons. The number of piperidine rings is 1. The lowest BCUT2D eigenvalue weighted by Gasteiger charge is -2.31. The number of aromatic nitrogens is 4. The largest absolute Gasteiger partial charge is 0.364 e. The quantitative estimate of drug-likeness (QED) is 0.853. The van der Waals surface area contributed by atoms with E-state index in [1.807, 2.05) is 6.92 Å². The van der Waals surface area contributed by atoms with Crippen LogP contribution in [-0.4, -0.2) is 38.7 Å². The van der Waals surface area contributed by atoms with Crippen LogP contribution < -0.4 is 16.3 Å². The van der Waals surface area contributed by atoms with Crippen molar-refractivity contribution in [1.82, 2.24) is 19.7 Å². The molecule has 0 spiro atoms. The summed E-state index contributed by atoms with van der Waals surface area (Å²) in [6.45, 7) is 4.21. The van der Waals surface area contributed by atoms with Gasteiger partial charge in [-0.2, -0.15) is 5.10 Å². The van der Waals surface area contributed by atoms with Crippen LogP contribution in [0.1, 0.15) is 42.0 Å². The molecule has 0 aliphatic carbocycles. The molecule has 8 nitrogen and oxygen atoms in total. The maximum atomic E-state index is 11.6. The van der Waals surface area contributed by atoms with Crippen molar-refractivity contribution in [1.29, 1.82) is 0 Å². The van der Waals surface area contributed by atoms with Gasteiger partial charge in [-0.15, -0.1) is 11.3 Å². The van der Waals surface area contributed by atoms with Crippen LogP contribution in [-0.2, 0) is 6.54 Å². The predicted molar refractivity (Wildman–Crippen MR) is 83.3 cm³/mol. The number of hydrogen-bond donors (Lipinski definition) is 2. The number of primary amides is 1. The van der Waals surface area contributed by atoms with Crippen LogP contribution in [0.5, 0.6) is 0 Å². The minimum absolute atomic E-state index is 0.147. The molecule has 0 bridgehead atoms. The number of aromatic amines is 1. The molecular weight excluding hydrogens is 304 g/mol. The number of nitrogens with one attached hydrogen (secondary N) is 1. The van der Waals surface area contributed by atoms with Crippen LogP contribution in [0.25, 0.3) is 0 Å². The fraction of sp³-hybridized carbons (Fsp3) is 0.538. The second-order valence-corrected chi connectivity index (χ2v) is 6.11. The third-order valence-corrected chi connectivity index (χ3v) is 4.88. The van der Waals surface area contributed by atoms with Gasteiger partial charge in [-0.05, 0) is 19.8 Å². The molecule has 2 aromatic heterocycles. The normalized spacial score (nSPS) is 16.1. The molecule has 9 heteroatoms. The second kappa shape index (κ2) is 5.91. The van der Waals surface area contributed by atoms with Gasteiger partial charge in [-0.3, -0.25) is 9.36 Å². The Bertz CT molecular complexity index is 725. The second-order valence-electron chi connectivity index (χ2n) is 5.27. The average molecular weight is 322 g/mol. The van der Waals surface area contributed by atoms with Crippen molar-refractivity contribution in [2.24, 2.45) is 5.73 Å². The van der Waals surface area contributed by atoms with Gasteiger partial charge in [0.1, 0.15) is 11.5 Å². The van der Waals surface area contributed by atoms with E-state index in [2.05, 4.69) is 20.1 Å². The lowest BCUT2D eigenvalue weighted by atomic mass is 9.96. The predicted octanol–water partition coefficient (Wildman–Crippen LogP) is 0.531. The Morgan fingerprint density at radius 3 is 2.82 bits per heavy atom. The van der Waals surface area contributed by atoms with Crippen LogP contribution in [0.15, 0.2) is 10.2 Å². The number of anilines is 1. The SMILES string of the molecule is CCn1c(C2CCN(c3nc(C(N)=O)cs3)CC2)n[nH]c1=O. The maximum Gasteiger partial charge on any atom is 0.343 e. The molecule has 3 heterocycles. The first-order valence-electron chi connectivity index (χ1n) is 7.25. The third-order valence-electron chi connectivity index (χ3n) is 3.98. The van der Waals surface area contributed by atoms with Crippen LogP contribution in [0.4, 0.5) is 5.13 Å². The van der Waals surface area contributed by atoms with Gasteiger partial charge >= 0.3 is 5.69 Å². The number of nitrogens with zero attached hydrogens (tertiary/aromatic N) is 4. The van der Waals surface area contributed by atoms with Crippen molar-refractivity contribution in [2.75, 3.05) is 18.0 Å². The maximum absolute atomic E-state index is 11.6. The van der Waals surface area contributed by atoms with E-state index < -0.39 is 5.91 Å². The van der Waals surface area contributed by atoms with E-state index in [-0.39, 0.29) is 11.6 Å². The molecule has 3 N–H and O–H groups in total. The monoisotopic (exact) mass is 322 g/mol. The van der Waals surface area contributed by atoms with Gasteiger partial charge < -0.3 is 10.6 Å². The van der Waals surface area contributed by atoms with E-state index >= 15 is 0 Å². The van der Waals surface area contributed by atoms with Crippen molar-refractivity contribution in [2.45, 2.75) is 32.2 Å². The molecule has 0 saturated carbocycles. The van der Waals surface area contributed by atoms with Gasteiger partial charge in [0.2, 0.25) is 0 Å². The number of amides is 1. The highest BCUT2D eigenvalue weighted by Crippen LogP contribution is 2.30. The molecule has 1 fully saturated rings. The summed E-state index contributed by atoms with van der Waals surface area (Å²) < 4.78 is 1.69. The summed E-state index contributed by atoms with van der Waals surface area (Å²) in [4.78, 5) is 29.2. The standard InChI is InChI=1S/C13H18N6O2S/c1-2-19-11(16-17-12(19)21)8-3-5-18(6-4-8)13-15-9(7-22-13)10(14)20/h7-8H,2-6H2,1H3,(H2,14,20)(H,17,21). The summed E-state index contributed by atoms with van der Waals surface area (Å²) in [7, 11) is 0. The van der Waals surface area contributed by atoms with E-state index in [0.29, 0.717) is 12.2 Å². The minimum atomic E-state index is -0.499. The molecule has 1 aliphatic rings. The molecular formula is C13H18N6O2S. The van der Waals surface area contributed by atoms with Crippen LogP contribution in [0, 0.1) is 0 Å². The van der Waals surface area contributed by atoms with Crippen molar-refractivity contribution in [3.05, 3.63) is 27.4 Å². The molecule has 1 amide bonds. The Morgan fingerprint density at radius 1 is 1.50 bits per heavy atom. The Morgan fingerprint density at radius 2 is 2.23 bits per heavy atom. The highest BCUT2D eigenvalue weighted by atomic mass is 32.1. The van der Waals surface area contributed by atoms with Crippen LogP contribution >= 0.6 is 11.3 Å². The number of hydrogen-bond acceptors (Lipinski definition) is 6. The van der Waals surface area contributed by atoms with Gasteiger partial charge in [0.05, 0.1) is 0 Å². The zero-order valence-electron chi connectivity index (χ0n) is 12.3. The number of carbonyl (C=O) groups excluding carboxylic acids is 1. The topological polar surface area (TPSA) is 110 Å². The first-order chi connectivity index (χ1) is 10.6. The third kappa shape index (κ3) is 2.63. The summed E-state index contributed by atoms with van der Waals surface area (Å²) in [6.07, 6.45) is 1.80. The van der Waals surface area contributed by atoms with Crippen molar-refractivity contribution in [3.63, 3.8) is 0 Å². The fourth-order valence-corrected chi connectivity index (χ4v) is 3.67.